The van der Waals surface area contributed by atoms with Crippen LogP contribution < -0.4 is 0 Å². The molecule has 0 aromatic rings. The van der Waals surface area contributed by atoms with Gasteiger partial charge in [0.25, 0.3) is 0 Å². The first-order chi connectivity index (χ1) is 5.66. The quantitative estimate of drug-likeness (QED) is 0.417. The molecule has 0 N–H and O–H groups in total. The SMILES string of the molecule is C.C.C.C.C.C.C.C.CCC.CCC.CCC.CCC. The van der Waals surface area contributed by atoms with Gasteiger partial charge >= 0.3 is 0 Å². The number of hydrogen-bond donors (Lipinski definition) is 0. The Morgan fingerprint density at radius 1 is 0.250 bits per heavy atom. The van der Waals surface area contributed by atoms with Crippen LogP contribution in [0, 0.1) is 0 Å². The van der Waals surface area contributed by atoms with Crippen molar-refractivity contribution in [3.63, 3.8) is 0 Å². The van der Waals surface area contributed by atoms with Crippen molar-refractivity contribution in [1.29, 1.82) is 0 Å². The third kappa shape index (κ3) is 0. The van der Waals surface area contributed by atoms with Gasteiger partial charge in [0.2, 0.25) is 0 Å². The summed E-state index contributed by atoms with van der Waals surface area (Å²) in [5.41, 5.74) is 0. The fourth-order valence-corrected chi connectivity index (χ4v) is 0. The van der Waals surface area contributed by atoms with Crippen LogP contribution in [0.1, 0.15) is 140 Å². The summed E-state index contributed by atoms with van der Waals surface area (Å²) in [6, 6.07) is 0. The summed E-state index contributed by atoms with van der Waals surface area (Å²) < 4.78 is 0. The minimum Gasteiger partial charge on any atom is -0.0776 e. The van der Waals surface area contributed by atoms with Crippen molar-refractivity contribution in [3.05, 3.63) is 0 Å². The van der Waals surface area contributed by atoms with Gasteiger partial charge in [-0.15, -0.1) is 0 Å². The van der Waals surface area contributed by atoms with E-state index in [0.717, 1.165) is 0 Å². The molecule has 0 heterocycles. The third-order valence-electron chi connectivity index (χ3n) is 0. The Hall–Kier alpha value is 0. The summed E-state index contributed by atoms with van der Waals surface area (Å²) in [6.45, 7) is 17.0. The van der Waals surface area contributed by atoms with Gasteiger partial charge in [0.1, 0.15) is 0 Å². The number of rotatable bonds is 0. The molecule has 0 saturated heterocycles. The van der Waals surface area contributed by atoms with Crippen LogP contribution in [0.25, 0.3) is 0 Å². The van der Waals surface area contributed by atoms with Crippen molar-refractivity contribution >= 4 is 0 Å². The molecule has 0 spiro atoms. The van der Waals surface area contributed by atoms with Crippen LogP contribution in [0.5, 0.6) is 0 Å². The van der Waals surface area contributed by atoms with E-state index in [1.165, 1.54) is 25.7 Å². The standard InChI is InChI=1S/4C3H8.8CH4/c4*1-3-2;;;;;;;;/h4*3H2,1-2H3;8*1H4. The summed E-state index contributed by atoms with van der Waals surface area (Å²) in [5.74, 6) is 0. The lowest BCUT2D eigenvalue weighted by atomic mass is 10.6. The summed E-state index contributed by atoms with van der Waals surface area (Å²) in [4.78, 5) is 0. The molecular weight excluding hydrogens is 240 g/mol. The molecular formula is C20H64. The topological polar surface area (TPSA) is 0 Å². The highest BCUT2D eigenvalue weighted by Gasteiger charge is 1.36. The van der Waals surface area contributed by atoms with E-state index in [9.17, 15) is 0 Å². The van der Waals surface area contributed by atoms with Gasteiger partial charge in [-0.25, -0.2) is 0 Å². The molecule has 0 bridgehead atoms. The third-order valence-corrected chi connectivity index (χ3v) is 0. The van der Waals surface area contributed by atoms with Gasteiger partial charge < -0.3 is 0 Å². The highest BCUT2D eigenvalue weighted by atomic mass is 13.4. The van der Waals surface area contributed by atoms with Gasteiger partial charge in [0, 0.05) is 0 Å². The van der Waals surface area contributed by atoms with E-state index in [0.29, 0.717) is 0 Å². The van der Waals surface area contributed by atoms with Crippen molar-refractivity contribution in [2.75, 3.05) is 0 Å². The average molecular weight is 305 g/mol. The van der Waals surface area contributed by atoms with Gasteiger partial charge in [-0.2, -0.15) is 0 Å². The Labute approximate surface area is 141 Å². The van der Waals surface area contributed by atoms with Crippen molar-refractivity contribution in [1.82, 2.24) is 0 Å². The fourth-order valence-electron chi connectivity index (χ4n) is 0. The van der Waals surface area contributed by atoms with Crippen molar-refractivity contribution < 1.29 is 0 Å². The minimum absolute atomic E-state index is 0. The molecule has 0 heteroatoms. The van der Waals surface area contributed by atoms with Crippen molar-refractivity contribution in [3.8, 4) is 0 Å². The molecule has 0 aliphatic heterocycles. The second kappa shape index (κ2) is 385. The van der Waals surface area contributed by atoms with Crippen LogP contribution in [-0.4, -0.2) is 0 Å². The van der Waals surface area contributed by atoms with Gasteiger partial charge in [0.15, 0.2) is 0 Å². The van der Waals surface area contributed by atoms with Gasteiger partial charge in [-0.1, -0.05) is 140 Å². The maximum atomic E-state index is 2.12. The van der Waals surface area contributed by atoms with E-state index in [1.54, 1.807) is 0 Å². The summed E-state index contributed by atoms with van der Waals surface area (Å²) in [5, 5.41) is 0. The molecule has 0 fully saturated rings. The molecule has 0 amide bonds. The van der Waals surface area contributed by atoms with Crippen molar-refractivity contribution in [2.45, 2.75) is 140 Å². The van der Waals surface area contributed by atoms with E-state index in [2.05, 4.69) is 55.4 Å². The maximum Gasteiger partial charge on any atom is -0.0590 e. The van der Waals surface area contributed by atoms with Crippen LogP contribution in [0.15, 0.2) is 0 Å². The van der Waals surface area contributed by atoms with Crippen LogP contribution >= 0.6 is 0 Å². The van der Waals surface area contributed by atoms with E-state index >= 15 is 0 Å². The predicted octanol–water partition coefficient (Wildman–Crippen LogP) is 10.8. The van der Waals surface area contributed by atoms with Gasteiger partial charge in [-0.05, 0) is 0 Å². The van der Waals surface area contributed by atoms with Gasteiger partial charge in [0.05, 0.1) is 0 Å². The molecule has 0 aromatic heterocycles. The highest BCUT2D eigenvalue weighted by molar-refractivity contribution is 3.93. The smallest absolute Gasteiger partial charge is 0.0590 e. The molecule has 0 aromatic carbocycles. The molecule has 0 saturated carbocycles. The monoisotopic (exact) mass is 305 g/mol. The van der Waals surface area contributed by atoms with Crippen LogP contribution in [-0.2, 0) is 0 Å². The number of hydrogen-bond acceptors (Lipinski definition) is 0. The Morgan fingerprint density at radius 3 is 0.250 bits per heavy atom. The second-order valence-corrected chi connectivity index (χ2v) is 2.83. The zero-order valence-corrected chi connectivity index (χ0v) is 10.8. The van der Waals surface area contributed by atoms with Crippen LogP contribution in [0.2, 0.25) is 0 Å². The molecule has 0 atom stereocenters. The van der Waals surface area contributed by atoms with E-state index in [-0.39, 0.29) is 59.4 Å². The van der Waals surface area contributed by atoms with E-state index in [4.69, 9.17) is 0 Å². The highest BCUT2D eigenvalue weighted by Crippen LogP contribution is 1.57. The Bertz CT molecular complexity index is 8.00. The van der Waals surface area contributed by atoms with Crippen molar-refractivity contribution in [2.24, 2.45) is 0 Å². The molecule has 0 rings (SSSR count). The lowest BCUT2D eigenvalue weighted by molar-refractivity contribution is 1.09. The molecule has 0 nitrogen and oxygen atoms in total. The first-order valence-corrected chi connectivity index (χ1v) is 5.66. The Kier molecular flexibility index (Phi) is 2170. The summed E-state index contributed by atoms with van der Waals surface area (Å²) in [7, 11) is 0. The zero-order valence-electron chi connectivity index (χ0n) is 10.8. The molecule has 0 aliphatic rings. The first kappa shape index (κ1) is 113. The summed E-state index contributed by atoms with van der Waals surface area (Å²) in [6.07, 6.45) is 5.00. The molecule has 144 valence electrons. The molecule has 20 heavy (non-hydrogen) atoms. The molecule has 0 unspecified atom stereocenters. The zero-order chi connectivity index (χ0) is 10.8. The Morgan fingerprint density at radius 2 is 0.250 bits per heavy atom. The van der Waals surface area contributed by atoms with Crippen LogP contribution in [0.4, 0.5) is 0 Å². The Balaban J connectivity index is -0.00000000376. The van der Waals surface area contributed by atoms with Crippen LogP contribution in [0.3, 0.4) is 0 Å². The largest absolute Gasteiger partial charge is 0.0776 e. The normalized spacial score (nSPS) is 3.60. The lowest BCUT2D eigenvalue weighted by Crippen LogP contribution is -1.27. The second-order valence-electron chi connectivity index (χ2n) is 2.83. The predicted molar refractivity (Wildman–Crippen MR) is 118 cm³/mol. The van der Waals surface area contributed by atoms with Gasteiger partial charge in [-0.3, -0.25) is 0 Å². The lowest BCUT2D eigenvalue weighted by Gasteiger charge is -1.48. The fraction of sp³-hybridized carbons (Fsp3) is 1.00. The summed E-state index contributed by atoms with van der Waals surface area (Å²) >= 11 is 0. The maximum absolute atomic E-state index is 2.12. The first-order valence-electron chi connectivity index (χ1n) is 5.66. The average Bonchev–Trinajstić information content (AvgIpc) is 1.92. The van der Waals surface area contributed by atoms with E-state index in [1.807, 2.05) is 0 Å². The minimum atomic E-state index is 0. The molecule has 0 aliphatic carbocycles. The molecule has 0 radical (unpaired) electrons. The van der Waals surface area contributed by atoms with E-state index < -0.39 is 0 Å².